The third-order valence-electron chi connectivity index (χ3n) is 1.51. The Morgan fingerprint density at radius 2 is 2.07 bits per heavy atom. The molecule has 14 heavy (non-hydrogen) atoms. The van der Waals surface area contributed by atoms with Crippen LogP contribution < -0.4 is 4.74 Å². The summed E-state index contributed by atoms with van der Waals surface area (Å²) in [4.78, 5) is 20.5. The van der Waals surface area contributed by atoms with Gasteiger partial charge in [-0.3, -0.25) is 14.9 Å². The zero-order chi connectivity index (χ0) is 10.7. The molecular weight excluding hydrogens is 186 g/mol. The highest BCUT2D eigenvalue weighted by Gasteiger charge is 2.09. The SMILES string of the molecule is CC(=O)Oc1cc(C)cc([N+](=O)[O-])c1. The Kier molecular flexibility index (Phi) is 2.81. The van der Waals surface area contributed by atoms with Gasteiger partial charge < -0.3 is 4.74 Å². The number of nitrogens with zero attached hydrogens (tertiary/aromatic N) is 1. The van der Waals surface area contributed by atoms with Gasteiger partial charge in [-0.15, -0.1) is 0 Å². The highest BCUT2D eigenvalue weighted by atomic mass is 16.6. The summed E-state index contributed by atoms with van der Waals surface area (Å²) in [6.45, 7) is 2.94. The average Bonchev–Trinajstić information content (AvgIpc) is 2.01. The molecule has 1 aromatic rings. The Balaban J connectivity index is 3.07. The van der Waals surface area contributed by atoms with E-state index in [-0.39, 0.29) is 11.4 Å². The van der Waals surface area contributed by atoms with E-state index in [4.69, 9.17) is 4.74 Å². The van der Waals surface area contributed by atoms with Crippen LogP contribution in [-0.4, -0.2) is 10.9 Å². The molecule has 1 aromatic carbocycles. The van der Waals surface area contributed by atoms with Gasteiger partial charge in [0.2, 0.25) is 0 Å². The number of nitro groups is 1. The highest BCUT2D eigenvalue weighted by molar-refractivity contribution is 5.69. The maximum atomic E-state index is 10.6. The van der Waals surface area contributed by atoms with Crippen LogP contribution in [0.5, 0.6) is 5.75 Å². The van der Waals surface area contributed by atoms with Gasteiger partial charge in [-0.25, -0.2) is 0 Å². The molecular formula is C9H9NO4. The number of carbonyl (C=O) groups is 1. The number of non-ortho nitro benzene ring substituents is 1. The Labute approximate surface area is 80.5 Å². The third-order valence-corrected chi connectivity index (χ3v) is 1.51. The lowest BCUT2D eigenvalue weighted by Crippen LogP contribution is -2.02. The van der Waals surface area contributed by atoms with Crippen LogP contribution >= 0.6 is 0 Å². The first kappa shape index (κ1) is 10.2. The Bertz CT molecular complexity index is 386. The Hall–Kier alpha value is -1.91. The van der Waals surface area contributed by atoms with Crippen molar-refractivity contribution in [3.63, 3.8) is 0 Å². The van der Waals surface area contributed by atoms with E-state index in [1.807, 2.05) is 0 Å². The number of rotatable bonds is 2. The fourth-order valence-corrected chi connectivity index (χ4v) is 1.06. The monoisotopic (exact) mass is 195 g/mol. The van der Waals surface area contributed by atoms with Crippen LogP contribution in [0.2, 0.25) is 0 Å². The van der Waals surface area contributed by atoms with Gasteiger partial charge in [0.15, 0.2) is 0 Å². The molecule has 0 aliphatic carbocycles. The molecule has 0 radical (unpaired) electrons. The Morgan fingerprint density at radius 3 is 2.57 bits per heavy atom. The molecule has 0 bridgehead atoms. The van der Waals surface area contributed by atoms with E-state index in [0.29, 0.717) is 5.56 Å². The van der Waals surface area contributed by atoms with Gasteiger partial charge >= 0.3 is 5.97 Å². The summed E-state index contributed by atoms with van der Waals surface area (Å²) in [5.41, 5.74) is 0.594. The van der Waals surface area contributed by atoms with Crippen molar-refractivity contribution in [2.75, 3.05) is 0 Å². The average molecular weight is 195 g/mol. The predicted octanol–water partition coefficient (Wildman–Crippen LogP) is 1.83. The minimum Gasteiger partial charge on any atom is -0.426 e. The van der Waals surface area contributed by atoms with Crippen LogP contribution in [0.25, 0.3) is 0 Å². The largest absolute Gasteiger partial charge is 0.426 e. The normalized spacial score (nSPS) is 9.57. The van der Waals surface area contributed by atoms with Crippen molar-refractivity contribution in [1.29, 1.82) is 0 Å². The summed E-state index contributed by atoms with van der Waals surface area (Å²) in [6, 6.07) is 4.19. The standard InChI is InChI=1S/C9H9NO4/c1-6-3-8(10(12)13)5-9(4-6)14-7(2)11/h3-5H,1-2H3. The van der Waals surface area contributed by atoms with Crippen molar-refractivity contribution in [2.45, 2.75) is 13.8 Å². The second-order valence-electron chi connectivity index (χ2n) is 2.86. The summed E-state index contributed by atoms with van der Waals surface area (Å²) >= 11 is 0. The molecule has 0 heterocycles. The highest BCUT2D eigenvalue weighted by Crippen LogP contribution is 2.22. The molecule has 5 nitrogen and oxygen atoms in total. The van der Waals surface area contributed by atoms with Gasteiger partial charge in [-0.2, -0.15) is 0 Å². The van der Waals surface area contributed by atoms with Crippen LogP contribution in [0.4, 0.5) is 5.69 Å². The minimum absolute atomic E-state index is 0.0822. The molecule has 0 saturated heterocycles. The van der Waals surface area contributed by atoms with Gasteiger partial charge in [0.1, 0.15) is 5.75 Å². The van der Waals surface area contributed by atoms with Gasteiger partial charge in [-0.1, -0.05) is 0 Å². The number of hydrogen-bond donors (Lipinski definition) is 0. The molecule has 0 atom stereocenters. The van der Waals surface area contributed by atoms with E-state index >= 15 is 0 Å². The molecule has 0 aromatic heterocycles. The van der Waals surface area contributed by atoms with Crippen LogP contribution in [0, 0.1) is 17.0 Å². The molecule has 74 valence electrons. The second-order valence-corrected chi connectivity index (χ2v) is 2.86. The second kappa shape index (κ2) is 3.87. The van der Waals surface area contributed by atoms with E-state index in [9.17, 15) is 14.9 Å². The number of nitro benzene ring substituents is 1. The van der Waals surface area contributed by atoms with Crippen molar-refractivity contribution < 1.29 is 14.5 Å². The van der Waals surface area contributed by atoms with E-state index in [0.717, 1.165) is 0 Å². The van der Waals surface area contributed by atoms with E-state index in [1.54, 1.807) is 13.0 Å². The molecule has 1 rings (SSSR count). The first-order chi connectivity index (χ1) is 6.49. The fourth-order valence-electron chi connectivity index (χ4n) is 1.06. The minimum atomic E-state index is -0.528. The summed E-state index contributed by atoms with van der Waals surface area (Å²) < 4.78 is 4.74. The van der Waals surface area contributed by atoms with Crippen LogP contribution in [-0.2, 0) is 4.79 Å². The maximum absolute atomic E-state index is 10.6. The lowest BCUT2D eigenvalue weighted by Gasteiger charge is -2.01. The number of carbonyl (C=O) groups excluding carboxylic acids is 1. The molecule has 0 aliphatic rings. The van der Waals surface area contributed by atoms with Crippen LogP contribution in [0.3, 0.4) is 0 Å². The number of ether oxygens (including phenoxy) is 1. The van der Waals surface area contributed by atoms with Crippen molar-refractivity contribution >= 4 is 11.7 Å². The third kappa shape index (κ3) is 2.55. The van der Waals surface area contributed by atoms with Gasteiger partial charge in [0.25, 0.3) is 5.69 Å². The molecule has 0 saturated carbocycles. The smallest absolute Gasteiger partial charge is 0.308 e. The molecule has 0 unspecified atom stereocenters. The summed E-state index contributed by atoms with van der Waals surface area (Å²) in [5, 5.41) is 10.5. The molecule has 0 fully saturated rings. The lowest BCUT2D eigenvalue weighted by molar-refractivity contribution is -0.385. The van der Waals surface area contributed by atoms with E-state index < -0.39 is 10.9 Å². The molecule has 0 amide bonds. The topological polar surface area (TPSA) is 69.4 Å². The number of esters is 1. The zero-order valence-corrected chi connectivity index (χ0v) is 7.81. The van der Waals surface area contributed by atoms with Crippen LogP contribution in [0.15, 0.2) is 18.2 Å². The van der Waals surface area contributed by atoms with Crippen molar-refractivity contribution in [2.24, 2.45) is 0 Å². The summed E-state index contributed by atoms with van der Waals surface area (Å²) in [6.07, 6.45) is 0. The van der Waals surface area contributed by atoms with Gasteiger partial charge in [0.05, 0.1) is 11.0 Å². The molecule has 0 spiro atoms. The molecule has 0 N–H and O–H groups in total. The van der Waals surface area contributed by atoms with Crippen molar-refractivity contribution in [3.05, 3.63) is 33.9 Å². The lowest BCUT2D eigenvalue weighted by atomic mass is 10.2. The quantitative estimate of drug-likeness (QED) is 0.312. The fraction of sp³-hybridized carbons (Fsp3) is 0.222. The number of benzene rings is 1. The number of aryl methyl sites for hydroxylation is 1. The van der Waals surface area contributed by atoms with Crippen LogP contribution in [0.1, 0.15) is 12.5 Å². The first-order valence-electron chi connectivity index (χ1n) is 3.93. The van der Waals surface area contributed by atoms with E-state index in [1.165, 1.54) is 19.1 Å². The van der Waals surface area contributed by atoms with Gasteiger partial charge in [0, 0.05) is 13.0 Å². The first-order valence-corrected chi connectivity index (χ1v) is 3.93. The zero-order valence-electron chi connectivity index (χ0n) is 7.81. The molecule has 0 aliphatic heterocycles. The van der Waals surface area contributed by atoms with E-state index in [2.05, 4.69) is 0 Å². The number of hydrogen-bond acceptors (Lipinski definition) is 4. The summed E-state index contributed by atoms with van der Waals surface area (Å²) in [5.74, 6) is -0.297. The molecule has 5 heteroatoms. The predicted molar refractivity (Wildman–Crippen MR) is 49.1 cm³/mol. The summed E-state index contributed by atoms with van der Waals surface area (Å²) in [7, 11) is 0. The van der Waals surface area contributed by atoms with Gasteiger partial charge in [-0.05, 0) is 18.6 Å². The maximum Gasteiger partial charge on any atom is 0.308 e. The van der Waals surface area contributed by atoms with Crippen molar-refractivity contribution in [1.82, 2.24) is 0 Å². The van der Waals surface area contributed by atoms with Crippen molar-refractivity contribution in [3.8, 4) is 5.75 Å². The Morgan fingerprint density at radius 1 is 1.43 bits per heavy atom.